The van der Waals surface area contributed by atoms with E-state index in [1.54, 1.807) is 13.2 Å². The van der Waals surface area contributed by atoms with E-state index in [-0.39, 0.29) is 0 Å². The molecule has 5 heteroatoms. The zero-order chi connectivity index (χ0) is 19.8. The highest BCUT2D eigenvalue weighted by atomic mass is 16.5. The molecule has 0 spiro atoms. The smallest absolute Gasteiger partial charge is 0.198 e. The summed E-state index contributed by atoms with van der Waals surface area (Å²) >= 11 is 0. The number of piperidine rings is 1. The highest BCUT2D eigenvalue weighted by Crippen LogP contribution is 2.34. The van der Waals surface area contributed by atoms with Crippen molar-refractivity contribution in [3.05, 3.63) is 66.1 Å². The number of hydrogen-bond acceptors (Lipinski definition) is 5. The number of phenols is 1. The average Bonchev–Trinajstić information content (AvgIpc) is 3.20. The van der Waals surface area contributed by atoms with Gasteiger partial charge in [0.2, 0.25) is 0 Å². The van der Waals surface area contributed by atoms with Gasteiger partial charge in [0.25, 0.3) is 0 Å². The van der Waals surface area contributed by atoms with Gasteiger partial charge >= 0.3 is 0 Å². The van der Waals surface area contributed by atoms with Gasteiger partial charge < -0.3 is 14.3 Å². The van der Waals surface area contributed by atoms with Crippen LogP contribution >= 0.6 is 0 Å². The molecule has 1 aliphatic rings. The number of nitrogens with zero attached hydrogens (tertiary/aromatic N) is 2. The molecule has 2 heterocycles. The predicted octanol–water partition coefficient (Wildman–Crippen LogP) is 5.07. The molecule has 29 heavy (non-hydrogen) atoms. The van der Waals surface area contributed by atoms with E-state index in [0.29, 0.717) is 11.7 Å². The second-order valence-electron chi connectivity index (χ2n) is 7.72. The summed E-state index contributed by atoms with van der Waals surface area (Å²) in [6.45, 7) is 2.61. The molecule has 148 valence electrons. The van der Waals surface area contributed by atoms with E-state index < -0.39 is 0 Å². The summed E-state index contributed by atoms with van der Waals surface area (Å²) in [5.41, 5.74) is 2.75. The van der Waals surface area contributed by atoms with E-state index in [4.69, 9.17) is 9.15 Å². The van der Waals surface area contributed by atoms with E-state index in [0.717, 1.165) is 71.6 Å². The fourth-order valence-corrected chi connectivity index (χ4v) is 4.27. The molecule has 3 aromatic carbocycles. The summed E-state index contributed by atoms with van der Waals surface area (Å²) in [4.78, 5) is 7.08. The van der Waals surface area contributed by atoms with Gasteiger partial charge in [0.1, 0.15) is 17.0 Å². The van der Waals surface area contributed by atoms with Crippen molar-refractivity contribution in [1.29, 1.82) is 0 Å². The minimum atomic E-state index is 0.340. The van der Waals surface area contributed by atoms with Crippen LogP contribution in [0.15, 0.2) is 59.0 Å². The number of para-hydroxylation sites is 2. The lowest BCUT2D eigenvalue weighted by Crippen LogP contribution is -2.32. The summed E-state index contributed by atoms with van der Waals surface area (Å²) in [6.07, 6.45) is 2.00. The molecule has 0 aliphatic carbocycles. The Kier molecular flexibility index (Phi) is 4.60. The first-order chi connectivity index (χ1) is 14.2. The van der Waals surface area contributed by atoms with E-state index in [9.17, 15) is 5.11 Å². The van der Waals surface area contributed by atoms with E-state index in [1.807, 2.05) is 48.5 Å². The van der Waals surface area contributed by atoms with Crippen LogP contribution in [0.4, 0.5) is 0 Å². The third-order valence-electron chi connectivity index (χ3n) is 5.94. The van der Waals surface area contributed by atoms with Gasteiger partial charge in [0.05, 0.1) is 7.11 Å². The average molecular weight is 388 g/mol. The van der Waals surface area contributed by atoms with Crippen molar-refractivity contribution in [3.8, 4) is 11.5 Å². The Hall–Kier alpha value is -3.05. The zero-order valence-electron chi connectivity index (χ0n) is 16.5. The number of ether oxygens (including phenoxy) is 1. The molecule has 0 unspecified atom stereocenters. The Labute approximate surface area is 169 Å². The minimum absolute atomic E-state index is 0.340. The van der Waals surface area contributed by atoms with Crippen molar-refractivity contribution >= 4 is 21.9 Å². The molecule has 0 amide bonds. The highest BCUT2D eigenvalue weighted by molar-refractivity contribution is 5.89. The minimum Gasteiger partial charge on any atom is -0.508 e. The molecule has 1 fully saturated rings. The third kappa shape index (κ3) is 3.42. The van der Waals surface area contributed by atoms with Gasteiger partial charge in [-0.3, -0.25) is 4.90 Å². The largest absolute Gasteiger partial charge is 0.508 e. The number of aromatic nitrogens is 1. The number of benzene rings is 3. The molecule has 1 N–H and O–H groups in total. The number of aromatic hydroxyl groups is 1. The number of methoxy groups -OCH3 is 1. The summed E-state index contributed by atoms with van der Waals surface area (Å²) < 4.78 is 11.4. The van der Waals surface area contributed by atoms with Crippen LogP contribution in [0.1, 0.15) is 30.2 Å². The number of rotatable bonds is 4. The van der Waals surface area contributed by atoms with Crippen LogP contribution in [-0.2, 0) is 6.54 Å². The SMILES string of the molecule is COc1ccc2ccc(O)c(CN3CCC(c4nc5ccccc5o4)CC3)c2c1. The molecule has 1 aliphatic heterocycles. The Balaban J connectivity index is 1.33. The fraction of sp³-hybridized carbons (Fsp3) is 0.292. The number of likely N-dealkylation sites (tertiary alicyclic amines) is 1. The maximum atomic E-state index is 10.5. The normalized spacial score (nSPS) is 15.9. The molecular formula is C24H24N2O3. The second-order valence-corrected chi connectivity index (χ2v) is 7.72. The van der Waals surface area contributed by atoms with Gasteiger partial charge in [-0.15, -0.1) is 0 Å². The first-order valence-corrected chi connectivity index (χ1v) is 10.1. The highest BCUT2D eigenvalue weighted by Gasteiger charge is 2.25. The second kappa shape index (κ2) is 7.41. The summed E-state index contributed by atoms with van der Waals surface area (Å²) in [7, 11) is 1.67. The quantitative estimate of drug-likeness (QED) is 0.529. The molecule has 0 radical (unpaired) electrons. The molecule has 0 atom stereocenters. The molecule has 4 aromatic rings. The number of hydrogen-bond donors (Lipinski definition) is 1. The monoisotopic (exact) mass is 388 g/mol. The van der Waals surface area contributed by atoms with Gasteiger partial charge in [-0.05, 0) is 67.0 Å². The standard InChI is InChI=1S/C24H24N2O3/c1-28-18-8-6-16-7-9-22(27)20(19(16)14-18)15-26-12-10-17(11-13-26)24-25-21-4-2-3-5-23(21)29-24/h2-9,14,17,27H,10-13,15H2,1H3. The van der Waals surface area contributed by atoms with Crippen LogP contribution in [0.3, 0.4) is 0 Å². The van der Waals surface area contributed by atoms with Gasteiger partial charge in [-0.2, -0.15) is 0 Å². The van der Waals surface area contributed by atoms with E-state index in [2.05, 4.69) is 9.88 Å². The number of fused-ring (bicyclic) bond motifs is 2. The van der Waals surface area contributed by atoms with E-state index in [1.165, 1.54) is 0 Å². The van der Waals surface area contributed by atoms with Crippen LogP contribution in [0.25, 0.3) is 21.9 Å². The van der Waals surface area contributed by atoms with Crippen LogP contribution in [0.2, 0.25) is 0 Å². The van der Waals surface area contributed by atoms with Crippen molar-refractivity contribution in [3.63, 3.8) is 0 Å². The van der Waals surface area contributed by atoms with Gasteiger partial charge in [0, 0.05) is 18.0 Å². The number of oxazole rings is 1. The summed E-state index contributed by atoms with van der Waals surface area (Å²) in [5, 5.41) is 12.7. The van der Waals surface area contributed by atoms with Crippen molar-refractivity contribution < 1.29 is 14.3 Å². The van der Waals surface area contributed by atoms with Gasteiger partial charge in [-0.25, -0.2) is 4.98 Å². The maximum Gasteiger partial charge on any atom is 0.198 e. The predicted molar refractivity (Wildman–Crippen MR) is 113 cm³/mol. The fourth-order valence-electron chi connectivity index (χ4n) is 4.27. The Morgan fingerprint density at radius 1 is 1.10 bits per heavy atom. The van der Waals surface area contributed by atoms with Gasteiger partial charge in [0.15, 0.2) is 11.5 Å². The summed E-state index contributed by atoms with van der Waals surface area (Å²) in [5.74, 6) is 2.34. The Bertz CT molecular complexity index is 1130. The van der Waals surface area contributed by atoms with Gasteiger partial charge in [-0.1, -0.05) is 24.3 Å². The van der Waals surface area contributed by atoms with Crippen molar-refractivity contribution in [1.82, 2.24) is 9.88 Å². The molecule has 1 saturated heterocycles. The summed E-state index contributed by atoms with van der Waals surface area (Å²) in [6, 6.07) is 17.7. The van der Waals surface area contributed by atoms with Crippen LogP contribution in [-0.4, -0.2) is 35.2 Å². The lowest BCUT2D eigenvalue weighted by atomic mass is 9.95. The zero-order valence-corrected chi connectivity index (χ0v) is 16.5. The molecule has 0 bridgehead atoms. The topological polar surface area (TPSA) is 58.7 Å². The van der Waals surface area contributed by atoms with Crippen molar-refractivity contribution in [2.24, 2.45) is 0 Å². The third-order valence-corrected chi connectivity index (χ3v) is 5.94. The Morgan fingerprint density at radius 2 is 1.90 bits per heavy atom. The maximum absolute atomic E-state index is 10.5. The lowest BCUT2D eigenvalue weighted by molar-refractivity contribution is 0.193. The van der Waals surface area contributed by atoms with Crippen molar-refractivity contribution in [2.75, 3.05) is 20.2 Å². The Morgan fingerprint density at radius 3 is 2.69 bits per heavy atom. The molecule has 1 aromatic heterocycles. The first-order valence-electron chi connectivity index (χ1n) is 10.1. The molecule has 0 saturated carbocycles. The van der Waals surface area contributed by atoms with E-state index >= 15 is 0 Å². The number of phenolic OH excluding ortho intramolecular Hbond substituents is 1. The lowest BCUT2D eigenvalue weighted by Gasteiger charge is -2.31. The van der Waals surface area contributed by atoms with Crippen LogP contribution in [0, 0.1) is 0 Å². The van der Waals surface area contributed by atoms with Crippen LogP contribution in [0.5, 0.6) is 11.5 Å². The first kappa shape index (κ1) is 18.0. The van der Waals surface area contributed by atoms with Crippen LogP contribution < -0.4 is 4.74 Å². The molecular weight excluding hydrogens is 364 g/mol. The molecule has 5 rings (SSSR count). The molecule has 5 nitrogen and oxygen atoms in total. The van der Waals surface area contributed by atoms with Crippen molar-refractivity contribution in [2.45, 2.75) is 25.3 Å².